The first-order valence-corrected chi connectivity index (χ1v) is 9.33. The van der Waals surface area contributed by atoms with Crippen LogP contribution in [-0.4, -0.2) is 40.1 Å². The van der Waals surface area contributed by atoms with Crippen LogP contribution in [0.15, 0.2) is 34.9 Å². The molecule has 0 radical (unpaired) electrons. The number of aromatic nitrogens is 2. The Kier molecular flexibility index (Phi) is 5.72. The summed E-state index contributed by atoms with van der Waals surface area (Å²) in [5.74, 6) is 0.340. The van der Waals surface area contributed by atoms with Gasteiger partial charge < -0.3 is 15.2 Å². The summed E-state index contributed by atoms with van der Waals surface area (Å²) in [6.07, 6.45) is 0.934. The molecule has 148 valence electrons. The summed E-state index contributed by atoms with van der Waals surface area (Å²) < 4.78 is 5.41. The van der Waals surface area contributed by atoms with Gasteiger partial charge in [-0.3, -0.25) is 4.79 Å². The molecule has 3 heterocycles. The van der Waals surface area contributed by atoms with Gasteiger partial charge in [0.15, 0.2) is 0 Å². The maximum atomic E-state index is 13.4. The third-order valence-corrected chi connectivity index (χ3v) is 5.45. The van der Waals surface area contributed by atoms with E-state index >= 15 is 0 Å². The van der Waals surface area contributed by atoms with E-state index in [0.29, 0.717) is 47.1 Å². The van der Waals surface area contributed by atoms with Crippen molar-refractivity contribution >= 4 is 29.4 Å². The molecule has 6 nitrogen and oxygen atoms in total. The van der Waals surface area contributed by atoms with Crippen molar-refractivity contribution in [3.05, 3.63) is 47.2 Å². The quantitative estimate of drug-likeness (QED) is 0.723. The number of fused-ring (bicyclic) bond motifs is 1. The van der Waals surface area contributed by atoms with E-state index in [1.165, 1.54) is 5.56 Å². The molecule has 1 saturated heterocycles. The van der Waals surface area contributed by atoms with E-state index in [4.69, 9.17) is 10.3 Å². The van der Waals surface area contributed by atoms with Crippen molar-refractivity contribution in [2.24, 2.45) is 11.7 Å². The number of aryl methyl sites for hydroxylation is 2. The first-order chi connectivity index (χ1) is 13.0. The standard InChI is InChI=1S/C21H24N4O2.ClH/c1-12-4-6-16(7-5-12)18-9-17(19-14(3)24-27-20(19)23-18)21(26)25-11-15(10-22)8-13(25)2;/h4-7,9,13,15H,8,10-11,22H2,1-3H3;1H. The number of rotatable bonds is 3. The highest BCUT2D eigenvalue weighted by atomic mass is 35.5. The van der Waals surface area contributed by atoms with Gasteiger partial charge in [0.1, 0.15) is 0 Å². The third kappa shape index (κ3) is 3.50. The second-order valence-corrected chi connectivity index (χ2v) is 7.51. The fourth-order valence-electron chi connectivity index (χ4n) is 3.89. The monoisotopic (exact) mass is 400 g/mol. The second kappa shape index (κ2) is 7.89. The smallest absolute Gasteiger partial charge is 0.259 e. The molecule has 2 atom stereocenters. The van der Waals surface area contributed by atoms with E-state index in [2.05, 4.69) is 17.1 Å². The van der Waals surface area contributed by atoms with Gasteiger partial charge in [-0.25, -0.2) is 4.98 Å². The van der Waals surface area contributed by atoms with Crippen molar-refractivity contribution in [3.63, 3.8) is 0 Å². The minimum Gasteiger partial charge on any atom is -0.336 e. The number of likely N-dealkylation sites (tertiary alicyclic amines) is 1. The first kappa shape index (κ1) is 20.3. The zero-order chi connectivity index (χ0) is 19.1. The maximum absolute atomic E-state index is 13.4. The van der Waals surface area contributed by atoms with Gasteiger partial charge in [-0.05, 0) is 45.7 Å². The lowest BCUT2D eigenvalue weighted by Gasteiger charge is -2.22. The largest absolute Gasteiger partial charge is 0.336 e. The van der Waals surface area contributed by atoms with Crippen LogP contribution in [0.25, 0.3) is 22.4 Å². The normalized spacial score (nSPS) is 19.1. The van der Waals surface area contributed by atoms with Crippen LogP contribution >= 0.6 is 12.4 Å². The van der Waals surface area contributed by atoms with Crippen molar-refractivity contribution in [1.29, 1.82) is 0 Å². The van der Waals surface area contributed by atoms with E-state index in [1.807, 2.05) is 49.1 Å². The molecule has 3 aromatic rings. The average Bonchev–Trinajstić information content (AvgIpc) is 3.24. The molecule has 0 spiro atoms. The Balaban J connectivity index is 0.00000225. The number of benzene rings is 1. The molecule has 1 aromatic carbocycles. The average molecular weight is 401 g/mol. The van der Waals surface area contributed by atoms with Crippen LogP contribution in [0, 0.1) is 19.8 Å². The molecule has 0 bridgehead atoms. The summed E-state index contributed by atoms with van der Waals surface area (Å²) in [7, 11) is 0. The summed E-state index contributed by atoms with van der Waals surface area (Å²) in [4.78, 5) is 19.9. The lowest BCUT2D eigenvalue weighted by atomic mass is 10.0. The predicted molar refractivity (Wildman–Crippen MR) is 112 cm³/mol. The summed E-state index contributed by atoms with van der Waals surface area (Å²) >= 11 is 0. The van der Waals surface area contributed by atoms with Gasteiger partial charge in [0, 0.05) is 18.2 Å². The van der Waals surface area contributed by atoms with E-state index in [0.717, 1.165) is 12.0 Å². The molecule has 0 aliphatic carbocycles. The van der Waals surface area contributed by atoms with Crippen LogP contribution in [0.3, 0.4) is 0 Å². The third-order valence-electron chi connectivity index (χ3n) is 5.45. The number of hydrogen-bond donors (Lipinski definition) is 1. The highest BCUT2D eigenvalue weighted by Crippen LogP contribution is 2.31. The van der Waals surface area contributed by atoms with Gasteiger partial charge in [-0.2, -0.15) is 0 Å². The topological polar surface area (TPSA) is 85.2 Å². The molecule has 0 saturated carbocycles. The Labute approximate surface area is 170 Å². The first-order valence-electron chi connectivity index (χ1n) is 9.33. The number of carbonyl (C=O) groups is 1. The summed E-state index contributed by atoms with van der Waals surface area (Å²) in [5.41, 5.74) is 10.3. The van der Waals surface area contributed by atoms with Crippen molar-refractivity contribution in [2.75, 3.05) is 13.1 Å². The summed E-state index contributed by atoms with van der Waals surface area (Å²) in [6, 6.07) is 10.1. The second-order valence-electron chi connectivity index (χ2n) is 7.51. The van der Waals surface area contributed by atoms with Crippen LogP contribution in [-0.2, 0) is 0 Å². The molecule has 4 rings (SSSR count). The molecular weight excluding hydrogens is 376 g/mol. The van der Waals surface area contributed by atoms with Crippen molar-refractivity contribution in [1.82, 2.24) is 15.0 Å². The van der Waals surface area contributed by atoms with E-state index in [-0.39, 0.29) is 24.4 Å². The molecule has 2 aromatic heterocycles. The van der Waals surface area contributed by atoms with E-state index in [9.17, 15) is 4.79 Å². The summed E-state index contributed by atoms with van der Waals surface area (Å²) in [6.45, 7) is 7.24. The SMILES string of the molecule is Cc1ccc(-c2cc(C(=O)N3CC(CN)CC3C)c3c(C)noc3n2)cc1.Cl. The molecule has 1 aliphatic rings. The van der Waals surface area contributed by atoms with Gasteiger partial charge >= 0.3 is 0 Å². The number of hydrogen-bond acceptors (Lipinski definition) is 5. The number of amides is 1. The van der Waals surface area contributed by atoms with Crippen LogP contribution in [0.1, 0.15) is 35.0 Å². The predicted octanol–water partition coefficient (Wildman–Crippen LogP) is 3.74. The van der Waals surface area contributed by atoms with Crippen LogP contribution in [0.2, 0.25) is 0 Å². The van der Waals surface area contributed by atoms with Gasteiger partial charge in [0.2, 0.25) is 0 Å². The molecule has 7 heteroatoms. The number of halogens is 1. The number of pyridine rings is 1. The van der Waals surface area contributed by atoms with Crippen LogP contribution in [0.4, 0.5) is 0 Å². The fraction of sp³-hybridized carbons (Fsp3) is 0.381. The van der Waals surface area contributed by atoms with E-state index < -0.39 is 0 Å². The van der Waals surface area contributed by atoms with Crippen LogP contribution < -0.4 is 5.73 Å². The Morgan fingerprint density at radius 1 is 1.29 bits per heavy atom. The highest BCUT2D eigenvalue weighted by molar-refractivity contribution is 6.07. The van der Waals surface area contributed by atoms with Gasteiger partial charge in [-0.1, -0.05) is 35.0 Å². The molecular formula is C21H25ClN4O2. The molecule has 2 unspecified atom stereocenters. The molecule has 1 fully saturated rings. The Hall–Kier alpha value is -2.44. The van der Waals surface area contributed by atoms with Crippen LogP contribution in [0.5, 0.6) is 0 Å². The van der Waals surface area contributed by atoms with Crippen molar-refractivity contribution < 1.29 is 9.32 Å². The number of nitrogens with zero attached hydrogens (tertiary/aromatic N) is 3. The molecule has 1 amide bonds. The highest BCUT2D eigenvalue weighted by Gasteiger charge is 2.33. The Morgan fingerprint density at radius 3 is 2.64 bits per heavy atom. The minimum absolute atomic E-state index is 0. The zero-order valence-corrected chi connectivity index (χ0v) is 17.1. The fourth-order valence-corrected chi connectivity index (χ4v) is 3.89. The number of nitrogens with two attached hydrogens (primary N) is 1. The lowest BCUT2D eigenvalue weighted by Crippen LogP contribution is -2.34. The van der Waals surface area contributed by atoms with Crippen molar-refractivity contribution in [3.8, 4) is 11.3 Å². The zero-order valence-electron chi connectivity index (χ0n) is 16.3. The lowest BCUT2D eigenvalue weighted by molar-refractivity contribution is 0.0745. The Bertz CT molecular complexity index is 1000. The summed E-state index contributed by atoms with van der Waals surface area (Å²) in [5, 5.41) is 4.73. The molecule has 2 N–H and O–H groups in total. The van der Waals surface area contributed by atoms with E-state index in [1.54, 1.807) is 0 Å². The maximum Gasteiger partial charge on any atom is 0.259 e. The number of carbonyl (C=O) groups excluding carboxylic acids is 1. The van der Waals surface area contributed by atoms with Gasteiger partial charge in [0.25, 0.3) is 11.6 Å². The van der Waals surface area contributed by atoms with Gasteiger partial charge in [-0.15, -0.1) is 12.4 Å². The minimum atomic E-state index is -0.00879. The molecule has 28 heavy (non-hydrogen) atoms. The van der Waals surface area contributed by atoms with Gasteiger partial charge in [0.05, 0.1) is 22.3 Å². The molecule has 1 aliphatic heterocycles. The Morgan fingerprint density at radius 2 is 2.00 bits per heavy atom. The van der Waals surface area contributed by atoms with Crippen molar-refractivity contribution in [2.45, 2.75) is 33.2 Å².